The maximum absolute atomic E-state index is 13.4. The summed E-state index contributed by atoms with van der Waals surface area (Å²) < 4.78 is 52.3. The van der Waals surface area contributed by atoms with Crippen molar-refractivity contribution in [1.82, 2.24) is 0 Å². The number of nitrogens with one attached hydrogen (secondary N) is 1. The Morgan fingerprint density at radius 2 is 1.74 bits per heavy atom. The molecule has 0 aliphatic rings. The van der Waals surface area contributed by atoms with Crippen LogP contribution in [0.25, 0.3) is 0 Å². The van der Waals surface area contributed by atoms with Crippen LogP contribution >= 0.6 is 11.6 Å². The first-order chi connectivity index (χ1) is 8.90. The molecular weight excluding hydrogens is 296 g/mol. The molecule has 2 rings (SSSR count). The maximum atomic E-state index is 13.4. The van der Waals surface area contributed by atoms with Crippen LogP contribution in [0.5, 0.6) is 0 Å². The van der Waals surface area contributed by atoms with Gasteiger partial charge >= 0.3 is 0 Å². The summed E-state index contributed by atoms with van der Waals surface area (Å²) >= 11 is 5.70. The summed E-state index contributed by atoms with van der Waals surface area (Å²) in [7, 11) is -4.11. The van der Waals surface area contributed by atoms with E-state index >= 15 is 0 Å². The minimum absolute atomic E-state index is 0.0219. The standard InChI is InChI=1S/C12H8ClF2NO2S/c13-9-7-8(14)5-6-11(9)16-19(17,18)12-4-2-1-3-10(12)15/h1-7,16H. The SMILES string of the molecule is O=S(=O)(Nc1ccc(F)cc1Cl)c1ccccc1F. The highest BCUT2D eigenvalue weighted by Crippen LogP contribution is 2.25. The highest BCUT2D eigenvalue weighted by atomic mass is 35.5. The first-order valence-electron chi connectivity index (χ1n) is 5.12. The third kappa shape index (κ3) is 3.02. The summed E-state index contributed by atoms with van der Waals surface area (Å²) in [6.07, 6.45) is 0. The number of sulfonamides is 1. The Kier molecular flexibility index (Phi) is 3.73. The molecule has 100 valence electrons. The predicted octanol–water partition coefficient (Wildman–Crippen LogP) is 3.42. The van der Waals surface area contributed by atoms with E-state index in [1.807, 2.05) is 0 Å². The number of anilines is 1. The molecule has 0 bridgehead atoms. The Labute approximate surface area is 113 Å². The largest absolute Gasteiger partial charge is 0.278 e. The van der Waals surface area contributed by atoms with Crippen LogP contribution in [-0.4, -0.2) is 8.42 Å². The van der Waals surface area contributed by atoms with Gasteiger partial charge in [0, 0.05) is 0 Å². The molecule has 0 unspecified atom stereocenters. The first kappa shape index (κ1) is 13.8. The van der Waals surface area contributed by atoms with Gasteiger partial charge in [0.05, 0.1) is 10.7 Å². The van der Waals surface area contributed by atoms with Crippen LogP contribution in [0.1, 0.15) is 0 Å². The van der Waals surface area contributed by atoms with Crippen molar-refractivity contribution in [2.45, 2.75) is 4.90 Å². The van der Waals surface area contributed by atoms with Gasteiger partial charge < -0.3 is 0 Å². The lowest BCUT2D eigenvalue weighted by atomic mass is 10.3. The molecule has 1 N–H and O–H groups in total. The van der Waals surface area contributed by atoms with Crippen molar-refractivity contribution < 1.29 is 17.2 Å². The van der Waals surface area contributed by atoms with Crippen molar-refractivity contribution >= 4 is 27.3 Å². The Balaban J connectivity index is 2.40. The molecule has 7 heteroatoms. The molecule has 2 aromatic carbocycles. The van der Waals surface area contributed by atoms with E-state index in [0.29, 0.717) is 0 Å². The fraction of sp³-hybridized carbons (Fsp3) is 0. The molecule has 0 fully saturated rings. The van der Waals surface area contributed by atoms with E-state index in [9.17, 15) is 17.2 Å². The lowest BCUT2D eigenvalue weighted by molar-refractivity contribution is 0.570. The molecule has 0 saturated heterocycles. The van der Waals surface area contributed by atoms with E-state index < -0.39 is 26.6 Å². The van der Waals surface area contributed by atoms with Gasteiger partial charge in [0.2, 0.25) is 0 Å². The quantitative estimate of drug-likeness (QED) is 0.944. The topological polar surface area (TPSA) is 46.2 Å². The van der Waals surface area contributed by atoms with Crippen LogP contribution in [0.15, 0.2) is 47.4 Å². The number of benzene rings is 2. The molecule has 3 nitrogen and oxygen atoms in total. The first-order valence-corrected chi connectivity index (χ1v) is 6.99. The number of rotatable bonds is 3. The van der Waals surface area contributed by atoms with Crippen LogP contribution in [0.3, 0.4) is 0 Å². The smallest absolute Gasteiger partial charge is 0.264 e. The Morgan fingerprint density at radius 1 is 1.05 bits per heavy atom. The van der Waals surface area contributed by atoms with E-state index in [0.717, 1.165) is 30.3 Å². The summed E-state index contributed by atoms with van der Waals surface area (Å²) in [5.74, 6) is -1.48. The lowest BCUT2D eigenvalue weighted by Gasteiger charge is -2.10. The third-order valence-corrected chi connectivity index (χ3v) is 4.01. The summed E-state index contributed by atoms with van der Waals surface area (Å²) in [5.41, 5.74) is -0.0219. The van der Waals surface area contributed by atoms with Gasteiger partial charge in [-0.15, -0.1) is 0 Å². The van der Waals surface area contributed by atoms with Gasteiger partial charge in [-0.1, -0.05) is 23.7 Å². The summed E-state index contributed by atoms with van der Waals surface area (Å²) in [6, 6.07) is 8.08. The highest BCUT2D eigenvalue weighted by molar-refractivity contribution is 7.92. The number of halogens is 3. The molecule has 0 radical (unpaired) electrons. The lowest BCUT2D eigenvalue weighted by Crippen LogP contribution is -2.14. The Bertz CT molecular complexity index is 719. The normalized spacial score (nSPS) is 11.3. The average Bonchev–Trinajstić information content (AvgIpc) is 2.33. The van der Waals surface area contributed by atoms with Crippen LogP contribution in [0.4, 0.5) is 14.5 Å². The van der Waals surface area contributed by atoms with E-state index in [2.05, 4.69) is 4.72 Å². The molecule has 0 aliphatic carbocycles. The predicted molar refractivity (Wildman–Crippen MR) is 68.6 cm³/mol. The highest BCUT2D eigenvalue weighted by Gasteiger charge is 2.19. The van der Waals surface area contributed by atoms with Gasteiger partial charge in [-0.2, -0.15) is 0 Å². The van der Waals surface area contributed by atoms with Gasteiger partial charge in [0.1, 0.15) is 16.5 Å². The van der Waals surface area contributed by atoms with Crippen molar-refractivity contribution in [1.29, 1.82) is 0 Å². The number of hydrogen-bond donors (Lipinski definition) is 1. The molecule has 0 saturated carbocycles. The summed E-state index contributed by atoms with van der Waals surface area (Å²) in [4.78, 5) is -0.504. The summed E-state index contributed by atoms with van der Waals surface area (Å²) in [5, 5.41) is -0.111. The van der Waals surface area contributed by atoms with Crippen molar-refractivity contribution in [2.75, 3.05) is 4.72 Å². The fourth-order valence-corrected chi connectivity index (χ4v) is 2.87. The molecular formula is C12H8ClF2NO2S. The molecule has 0 heterocycles. The summed E-state index contributed by atoms with van der Waals surface area (Å²) in [6.45, 7) is 0. The fourth-order valence-electron chi connectivity index (χ4n) is 1.43. The van der Waals surface area contributed by atoms with E-state index in [-0.39, 0.29) is 10.7 Å². The zero-order valence-corrected chi connectivity index (χ0v) is 11.0. The minimum atomic E-state index is -4.11. The van der Waals surface area contributed by atoms with E-state index in [1.54, 1.807) is 0 Å². The molecule has 19 heavy (non-hydrogen) atoms. The van der Waals surface area contributed by atoms with Gasteiger partial charge in [-0.25, -0.2) is 17.2 Å². The molecule has 0 amide bonds. The average molecular weight is 304 g/mol. The van der Waals surface area contributed by atoms with Gasteiger partial charge in [-0.3, -0.25) is 4.72 Å². The van der Waals surface area contributed by atoms with E-state index in [1.165, 1.54) is 12.1 Å². The Hall–Kier alpha value is -1.66. The van der Waals surface area contributed by atoms with Crippen LogP contribution < -0.4 is 4.72 Å². The van der Waals surface area contributed by atoms with Crippen LogP contribution in [-0.2, 0) is 10.0 Å². The van der Waals surface area contributed by atoms with Gasteiger partial charge in [-0.05, 0) is 30.3 Å². The minimum Gasteiger partial charge on any atom is -0.278 e. The number of hydrogen-bond acceptors (Lipinski definition) is 2. The third-order valence-electron chi connectivity index (χ3n) is 2.30. The molecule has 0 atom stereocenters. The second-order valence-corrected chi connectivity index (χ2v) is 5.72. The van der Waals surface area contributed by atoms with Crippen molar-refractivity contribution in [3.05, 3.63) is 59.1 Å². The zero-order chi connectivity index (χ0) is 14.0. The van der Waals surface area contributed by atoms with Crippen LogP contribution in [0, 0.1) is 11.6 Å². The van der Waals surface area contributed by atoms with Crippen LogP contribution in [0.2, 0.25) is 5.02 Å². The molecule has 0 aliphatic heterocycles. The van der Waals surface area contributed by atoms with Gasteiger partial charge in [0.15, 0.2) is 0 Å². The molecule has 0 spiro atoms. The van der Waals surface area contributed by atoms with E-state index in [4.69, 9.17) is 11.6 Å². The maximum Gasteiger partial charge on any atom is 0.264 e. The monoisotopic (exact) mass is 303 g/mol. The van der Waals surface area contributed by atoms with Crippen molar-refractivity contribution in [2.24, 2.45) is 0 Å². The second-order valence-electron chi connectivity index (χ2n) is 3.66. The zero-order valence-electron chi connectivity index (χ0n) is 9.40. The molecule has 2 aromatic rings. The second kappa shape index (κ2) is 5.14. The van der Waals surface area contributed by atoms with Gasteiger partial charge in [0.25, 0.3) is 10.0 Å². The van der Waals surface area contributed by atoms with Crippen molar-refractivity contribution in [3.8, 4) is 0 Å². The molecule has 0 aromatic heterocycles. The Morgan fingerprint density at radius 3 is 2.37 bits per heavy atom. The van der Waals surface area contributed by atoms with Crippen molar-refractivity contribution in [3.63, 3.8) is 0 Å².